The largest absolute Gasteiger partial charge is 0.0654 e. The molecule has 4 unspecified atom stereocenters. The van der Waals surface area contributed by atoms with Gasteiger partial charge in [0.25, 0.3) is 0 Å². The second-order valence-electron chi connectivity index (χ2n) is 7.93. The van der Waals surface area contributed by atoms with E-state index in [0.717, 1.165) is 23.7 Å². The molecule has 0 aromatic rings. The zero-order chi connectivity index (χ0) is 16.1. The summed E-state index contributed by atoms with van der Waals surface area (Å²) in [5.74, 6) is 3.73. The predicted molar refractivity (Wildman–Crippen MR) is 98.8 cm³/mol. The molecule has 128 valence electrons. The van der Waals surface area contributed by atoms with Crippen molar-refractivity contribution in [2.45, 2.75) is 112 Å². The first-order valence-corrected chi connectivity index (χ1v) is 10.0. The molecule has 0 spiro atoms. The lowest BCUT2D eigenvalue weighted by molar-refractivity contribution is 0.327. The van der Waals surface area contributed by atoms with Gasteiger partial charge in [0.1, 0.15) is 0 Å². The monoisotopic (exact) mass is 296 g/mol. The van der Waals surface area contributed by atoms with Crippen molar-refractivity contribution in [1.82, 2.24) is 0 Å². The highest BCUT2D eigenvalue weighted by atomic mass is 14.2. The van der Waals surface area contributed by atoms with Gasteiger partial charge in [-0.25, -0.2) is 0 Å². The van der Waals surface area contributed by atoms with Gasteiger partial charge >= 0.3 is 0 Å². The van der Waals surface area contributed by atoms with E-state index < -0.39 is 0 Å². The molecule has 0 saturated carbocycles. The van der Waals surface area contributed by atoms with E-state index in [1.165, 1.54) is 70.6 Å². The molecular weight excluding hydrogens is 252 g/mol. The van der Waals surface area contributed by atoms with Crippen molar-refractivity contribution in [3.05, 3.63) is 0 Å². The molecule has 0 saturated heterocycles. The minimum Gasteiger partial charge on any atom is -0.0654 e. The summed E-state index contributed by atoms with van der Waals surface area (Å²) in [4.78, 5) is 0. The lowest BCUT2D eigenvalue weighted by Crippen LogP contribution is -2.07. The minimum atomic E-state index is 0.907. The van der Waals surface area contributed by atoms with Crippen LogP contribution in [-0.4, -0.2) is 0 Å². The first-order valence-electron chi connectivity index (χ1n) is 10.0. The zero-order valence-corrected chi connectivity index (χ0v) is 16.1. The summed E-state index contributed by atoms with van der Waals surface area (Å²) in [6.07, 6.45) is 15.7. The summed E-state index contributed by atoms with van der Waals surface area (Å²) < 4.78 is 0. The Bertz CT molecular complexity index is 208. The molecule has 0 heterocycles. The molecule has 0 bridgehead atoms. The van der Waals surface area contributed by atoms with Crippen molar-refractivity contribution < 1.29 is 0 Å². The Morgan fingerprint density at radius 1 is 0.524 bits per heavy atom. The summed E-state index contributed by atoms with van der Waals surface area (Å²) in [5.41, 5.74) is 0. The first-order chi connectivity index (χ1) is 10.0. The van der Waals surface area contributed by atoms with Crippen molar-refractivity contribution in [1.29, 1.82) is 0 Å². The van der Waals surface area contributed by atoms with Gasteiger partial charge in [-0.1, -0.05) is 112 Å². The van der Waals surface area contributed by atoms with Gasteiger partial charge < -0.3 is 0 Å². The first kappa shape index (κ1) is 21.0. The Kier molecular flexibility index (Phi) is 13.6. The van der Waals surface area contributed by atoms with Crippen LogP contribution in [0.2, 0.25) is 0 Å². The van der Waals surface area contributed by atoms with Crippen LogP contribution in [0.1, 0.15) is 112 Å². The number of hydrogen-bond acceptors (Lipinski definition) is 0. The SMILES string of the molecule is CCCCC(C)CCCCC(C)CCCC(C)C(C)CC. The van der Waals surface area contributed by atoms with Gasteiger partial charge in [0, 0.05) is 0 Å². The molecule has 21 heavy (non-hydrogen) atoms. The summed E-state index contributed by atoms with van der Waals surface area (Å²) >= 11 is 0. The van der Waals surface area contributed by atoms with Crippen LogP contribution in [0.25, 0.3) is 0 Å². The van der Waals surface area contributed by atoms with Gasteiger partial charge in [0.2, 0.25) is 0 Å². The van der Waals surface area contributed by atoms with Crippen LogP contribution >= 0.6 is 0 Å². The smallest absolute Gasteiger partial charge is 0.0417 e. The maximum absolute atomic E-state index is 2.47. The molecule has 4 atom stereocenters. The van der Waals surface area contributed by atoms with Crippen LogP contribution < -0.4 is 0 Å². The molecule has 0 fully saturated rings. The Hall–Kier alpha value is 0. The van der Waals surface area contributed by atoms with Gasteiger partial charge in [0.05, 0.1) is 0 Å². The van der Waals surface area contributed by atoms with Gasteiger partial charge in [0.15, 0.2) is 0 Å². The zero-order valence-electron chi connectivity index (χ0n) is 16.1. The van der Waals surface area contributed by atoms with Crippen molar-refractivity contribution in [3.63, 3.8) is 0 Å². The maximum Gasteiger partial charge on any atom is -0.0417 e. The van der Waals surface area contributed by atoms with E-state index in [4.69, 9.17) is 0 Å². The van der Waals surface area contributed by atoms with Crippen LogP contribution in [-0.2, 0) is 0 Å². The molecule has 0 aromatic carbocycles. The summed E-state index contributed by atoms with van der Waals surface area (Å²) in [6, 6.07) is 0. The average Bonchev–Trinajstić information content (AvgIpc) is 2.48. The third-order valence-electron chi connectivity index (χ3n) is 5.67. The molecule has 0 nitrogen and oxygen atoms in total. The van der Waals surface area contributed by atoms with Gasteiger partial charge in [-0.3, -0.25) is 0 Å². The predicted octanol–water partition coefficient (Wildman–Crippen LogP) is 7.86. The number of unbranched alkanes of at least 4 members (excludes halogenated alkanes) is 2. The van der Waals surface area contributed by atoms with E-state index in [2.05, 4.69) is 41.5 Å². The highest BCUT2D eigenvalue weighted by Crippen LogP contribution is 2.24. The highest BCUT2D eigenvalue weighted by molar-refractivity contribution is 4.63. The third kappa shape index (κ3) is 12.2. The van der Waals surface area contributed by atoms with E-state index in [1.807, 2.05) is 0 Å². The Morgan fingerprint density at radius 2 is 1.00 bits per heavy atom. The Labute approximate surface area is 136 Å². The standard InChI is InChI=1S/C21H44/c1-7-9-13-18(3)14-10-11-15-19(4)16-12-17-21(6)20(5)8-2/h18-21H,7-17H2,1-6H3. The van der Waals surface area contributed by atoms with E-state index in [-0.39, 0.29) is 0 Å². The van der Waals surface area contributed by atoms with Crippen LogP contribution in [0.5, 0.6) is 0 Å². The van der Waals surface area contributed by atoms with Gasteiger partial charge in [-0.05, 0) is 23.7 Å². The fourth-order valence-electron chi connectivity index (χ4n) is 3.30. The molecule has 0 aliphatic carbocycles. The van der Waals surface area contributed by atoms with E-state index in [9.17, 15) is 0 Å². The van der Waals surface area contributed by atoms with Crippen molar-refractivity contribution in [2.24, 2.45) is 23.7 Å². The number of hydrogen-bond donors (Lipinski definition) is 0. The van der Waals surface area contributed by atoms with Crippen LogP contribution in [0.3, 0.4) is 0 Å². The summed E-state index contributed by atoms with van der Waals surface area (Å²) in [7, 11) is 0. The lowest BCUT2D eigenvalue weighted by Gasteiger charge is -2.19. The third-order valence-corrected chi connectivity index (χ3v) is 5.67. The van der Waals surface area contributed by atoms with Crippen molar-refractivity contribution in [2.75, 3.05) is 0 Å². The summed E-state index contributed by atoms with van der Waals surface area (Å²) in [6.45, 7) is 14.4. The van der Waals surface area contributed by atoms with Crippen LogP contribution in [0, 0.1) is 23.7 Å². The van der Waals surface area contributed by atoms with Crippen LogP contribution in [0.15, 0.2) is 0 Å². The number of rotatable bonds is 14. The fourth-order valence-corrected chi connectivity index (χ4v) is 3.30. The Morgan fingerprint density at radius 3 is 1.48 bits per heavy atom. The van der Waals surface area contributed by atoms with Crippen LogP contribution in [0.4, 0.5) is 0 Å². The van der Waals surface area contributed by atoms with E-state index in [0.29, 0.717) is 0 Å². The summed E-state index contributed by atoms with van der Waals surface area (Å²) in [5, 5.41) is 0. The average molecular weight is 297 g/mol. The molecule has 0 heteroatoms. The van der Waals surface area contributed by atoms with E-state index in [1.54, 1.807) is 0 Å². The second kappa shape index (κ2) is 13.6. The molecule has 0 aromatic heterocycles. The maximum atomic E-state index is 2.47. The van der Waals surface area contributed by atoms with Crippen molar-refractivity contribution in [3.8, 4) is 0 Å². The topological polar surface area (TPSA) is 0 Å². The van der Waals surface area contributed by atoms with Crippen molar-refractivity contribution >= 4 is 0 Å². The fraction of sp³-hybridized carbons (Fsp3) is 1.00. The van der Waals surface area contributed by atoms with Gasteiger partial charge in [-0.2, -0.15) is 0 Å². The molecule has 0 amide bonds. The second-order valence-corrected chi connectivity index (χ2v) is 7.93. The normalized spacial score (nSPS) is 17.4. The molecule has 0 aliphatic rings. The molecule has 0 N–H and O–H groups in total. The molecule has 0 aliphatic heterocycles. The molecule has 0 rings (SSSR count). The van der Waals surface area contributed by atoms with Gasteiger partial charge in [-0.15, -0.1) is 0 Å². The Balaban J connectivity index is 3.48. The molecule has 0 radical (unpaired) electrons. The molecular formula is C21H44. The minimum absolute atomic E-state index is 0.907. The lowest BCUT2D eigenvalue weighted by atomic mass is 9.87. The highest BCUT2D eigenvalue weighted by Gasteiger charge is 2.11. The quantitative estimate of drug-likeness (QED) is 0.286. The van der Waals surface area contributed by atoms with E-state index >= 15 is 0 Å².